The number of rotatable bonds is 13. The van der Waals surface area contributed by atoms with Crippen LogP contribution in [-0.2, 0) is 14.3 Å². The number of ether oxygens (including phenoxy) is 3. The number of benzene rings is 1. The Morgan fingerprint density at radius 2 is 1.48 bits per heavy atom. The Morgan fingerprint density at radius 3 is 2.02 bits per heavy atom. The predicted octanol–water partition coefficient (Wildman–Crippen LogP) is 4.57. The van der Waals surface area contributed by atoms with Gasteiger partial charge in [0.05, 0.1) is 0 Å². The van der Waals surface area contributed by atoms with Crippen molar-refractivity contribution in [3.05, 3.63) is 42.6 Å². The van der Waals surface area contributed by atoms with Gasteiger partial charge in [0, 0.05) is 30.4 Å². The van der Waals surface area contributed by atoms with Gasteiger partial charge in [-0.1, -0.05) is 12.1 Å². The Balaban J connectivity index is 2.02. The Bertz CT molecular complexity index is 1160. The third-order valence-corrected chi connectivity index (χ3v) is 5.60. The number of aliphatic hydroxyl groups excluding tert-OH is 1. The standard InChI is InChI=1S/C30H44N4O8/c1-19(33-28(39)42-30(5,6)7)8-12-22(17-32-27(38)41-29(2,3)4)34-25-15-11-21(16-31-25)20-9-13-23(14-10-20)40-18-24(35)26(36)37/h9-11,13-16,19,22,24,35H,8,12,17-18H2,1-7H3,(H,31,34)(H,32,38)(H,33,39)(H,36,37)/t19?,22?,24-/m1/s1. The number of aliphatic carboxylic acids is 1. The predicted molar refractivity (Wildman–Crippen MR) is 159 cm³/mol. The van der Waals surface area contributed by atoms with Gasteiger partial charge in [0.2, 0.25) is 0 Å². The fourth-order valence-electron chi connectivity index (χ4n) is 3.63. The van der Waals surface area contributed by atoms with E-state index in [4.69, 9.17) is 19.3 Å². The van der Waals surface area contributed by atoms with Crippen LogP contribution in [0.2, 0.25) is 0 Å². The minimum Gasteiger partial charge on any atom is -0.490 e. The molecule has 2 aromatic rings. The number of carboxylic acids is 1. The molecule has 12 heteroatoms. The number of aromatic nitrogens is 1. The van der Waals surface area contributed by atoms with Gasteiger partial charge in [0.25, 0.3) is 0 Å². The highest BCUT2D eigenvalue weighted by molar-refractivity contribution is 5.72. The van der Waals surface area contributed by atoms with Crippen molar-refractivity contribution in [2.75, 3.05) is 18.5 Å². The summed E-state index contributed by atoms with van der Waals surface area (Å²) < 4.78 is 16.0. The van der Waals surface area contributed by atoms with Gasteiger partial charge in [-0.05, 0) is 91.1 Å². The fraction of sp³-hybridized carbons (Fsp3) is 0.533. The van der Waals surface area contributed by atoms with Crippen LogP contribution in [0.15, 0.2) is 42.6 Å². The molecule has 232 valence electrons. The van der Waals surface area contributed by atoms with Crippen molar-refractivity contribution >= 4 is 24.0 Å². The quantitative estimate of drug-likeness (QED) is 0.223. The average Bonchev–Trinajstić information content (AvgIpc) is 2.87. The van der Waals surface area contributed by atoms with Crippen molar-refractivity contribution in [3.8, 4) is 16.9 Å². The van der Waals surface area contributed by atoms with Gasteiger partial charge in [-0.15, -0.1) is 0 Å². The molecular formula is C30H44N4O8. The highest BCUT2D eigenvalue weighted by atomic mass is 16.6. The summed E-state index contributed by atoms with van der Waals surface area (Å²) in [6.07, 6.45) is 0.319. The summed E-state index contributed by atoms with van der Waals surface area (Å²) in [6.45, 7) is 12.6. The van der Waals surface area contributed by atoms with Crippen molar-refractivity contribution in [1.29, 1.82) is 0 Å². The van der Waals surface area contributed by atoms with Crippen LogP contribution in [0.25, 0.3) is 11.1 Å². The largest absolute Gasteiger partial charge is 0.490 e. The summed E-state index contributed by atoms with van der Waals surface area (Å²) in [4.78, 5) is 39.7. The van der Waals surface area contributed by atoms with Crippen LogP contribution >= 0.6 is 0 Å². The Hall–Kier alpha value is -4.06. The lowest BCUT2D eigenvalue weighted by molar-refractivity contribution is -0.148. The molecule has 0 bridgehead atoms. The van der Waals surface area contributed by atoms with E-state index in [1.807, 2.05) is 19.1 Å². The van der Waals surface area contributed by atoms with Crippen LogP contribution in [0.1, 0.15) is 61.3 Å². The molecule has 1 aromatic heterocycles. The monoisotopic (exact) mass is 588 g/mol. The smallest absolute Gasteiger partial charge is 0.407 e. The van der Waals surface area contributed by atoms with E-state index in [9.17, 15) is 19.5 Å². The van der Waals surface area contributed by atoms with Gasteiger partial charge in [-0.3, -0.25) is 0 Å². The zero-order chi connectivity index (χ0) is 31.5. The first kappa shape index (κ1) is 34.1. The number of carbonyl (C=O) groups is 3. The summed E-state index contributed by atoms with van der Waals surface area (Å²) in [5.41, 5.74) is 0.492. The molecule has 42 heavy (non-hydrogen) atoms. The van der Waals surface area contributed by atoms with Crippen molar-refractivity contribution < 1.29 is 38.8 Å². The number of hydrogen-bond donors (Lipinski definition) is 5. The number of carboxylic acid groups (broad SMARTS) is 1. The number of amides is 2. The maximum absolute atomic E-state index is 12.3. The summed E-state index contributed by atoms with van der Waals surface area (Å²) in [5, 5.41) is 27.1. The van der Waals surface area contributed by atoms with Crippen LogP contribution in [0, 0.1) is 0 Å². The van der Waals surface area contributed by atoms with Gasteiger partial charge in [0.1, 0.15) is 29.4 Å². The van der Waals surface area contributed by atoms with Crippen molar-refractivity contribution in [2.45, 2.75) is 90.7 Å². The second kappa shape index (κ2) is 15.2. The Labute approximate surface area is 247 Å². The minimum atomic E-state index is -1.60. The number of pyridine rings is 1. The third kappa shape index (κ3) is 13.5. The molecule has 1 aromatic carbocycles. The number of anilines is 1. The highest BCUT2D eigenvalue weighted by Crippen LogP contribution is 2.23. The second-order valence-corrected chi connectivity index (χ2v) is 12.0. The molecule has 0 aliphatic rings. The number of alkyl carbamates (subject to hydrolysis) is 2. The molecule has 5 N–H and O–H groups in total. The molecule has 3 atom stereocenters. The number of nitrogens with one attached hydrogen (secondary N) is 3. The zero-order valence-corrected chi connectivity index (χ0v) is 25.4. The summed E-state index contributed by atoms with van der Waals surface area (Å²) >= 11 is 0. The second-order valence-electron chi connectivity index (χ2n) is 12.0. The lowest BCUT2D eigenvalue weighted by atomic mass is 10.1. The van der Waals surface area contributed by atoms with Gasteiger partial charge >= 0.3 is 18.2 Å². The van der Waals surface area contributed by atoms with Crippen LogP contribution in [0.3, 0.4) is 0 Å². The van der Waals surface area contributed by atoms with Crippen LogP contribution in [-0.4, -0.2) is 75.9 Å². The van der Waals surface area contributed by atoms with Crippen LogP contribution in [0.5, 0.6) is 5.75 Å². The molecule has 0 aliphatic heterocycles. The first-order valence-corrected chi connectivity index (χ1v) is 13.8. The summed E-state index contributed by atoms with van der Waals surface area (Å²) in [6, 6.07) is 10.3. The first-order chi connectivity index (χ1) is 19.5. The highest BCUT2D eigenvalue weighted by Gasteiger charge is 2.21. The normalized spacial score (nSPS) is 13.7. The van der Waals surface area contributed by atoms with Crippen LogP contribution < -0.4 is 20.7 Å². The summed E-state index contributed by atoms with van der Waals surface area (Å²) in [5.74, 6) is -0.313. The molecule has 2 unspecified atom stereocenters. The van der Waals surface area contributed by atoms with E-state index in [2.05, 4.69) is 20.9 Å². The van der Waals surface area contributed by atoms with E-state index in [0.717, 1.165) is 11.1 Å². The molecule has 2 amide bonds. The molecular weight excluding hydrogens is 544 g/mol. The van der Waals surface area contributed by atoms with E-state index in [-0.39, 0.29) is 25.2 Å². The van der Waals surface area contributed by atoms with E-state index in [1.54, 1.807) is 72.0 Å². The van der Waals surface area contributed by atoms with Crippen LogP contribution in [0.4, 0.5) is 15.4 Å². The lowest BCUT2D eigenvalue weighted by Crippen LogP contribution is -2.41. The molecule has 0 saturated heterocycles. The molecule has 0 spiro atoms. The van der Waals surface area contributed by atoms with E-state index in [1.165, 1.54) is 0 Å². The number of carbonyl (C=O) groups excluding carboxylic acids is 2. The molecule has 1 heterocycles. The molecule has 12 nitrogen and oxygen atoms in total. The maximum Gasteiger partial charge on any atom is 0.407 e. The van der Waals surface area contributed by atoms with E-state index in [0.29, 0.717) is 24.4 Å². The van der Waals surface area contributed by atoms with Gasteiger partial charge in [0.15, 0.2) is 6.10 Å². The third-order valence-electron chi connectivity index (χ3n) is 5.60. The fourth-order valence-corrected chi connectivity index (χ4v) is 3.63. The molecule has 0 aliphatic carbocycles. The van der Waals surface area contributed by atoms with Crippen molar-refractivity contribution in [3.63, 3.8) is 0 Å². The SMILES string of the molecule is CC(CCC(CNC(=O)OC(C)(C)C)Nc1ccc(-c2ccc(OC[C@@H](O)C(=O)O)cc2)cn1)NC(=O)OC(C)(C)C. The van der Waals surface area contributed by atoms with Gasteiger partial charge < -0.3 is 40.4 Å². The van der Waals surface area contributed by atoms with E-state index < -0.39 is 35.5 Å². The molecule has 0 saturated carbocycles. The Morgan fingerprint density at radius 1 is 0.881 bits per heavy atom. The molecule has 0 fully saturated rings. The molecule has 2 rings (SSSR count). The van der Waals surface area contributed by atoms with Crippen molar-refractivity contribution in [1.82, 2.24) is 15.6 Å². The zero-order valence-electron chi connectivity index (χ0n) is 25.4. The summed E-state index contributed by atoms with van der Waals surface area (Å²) in [7, 11) is 0. The number of aliphatic hydroxyl groups is 1. The van der Waals surface area contributed by atoms with Gasteiger partial charge in [-0.2, -0.15) is 0 Å². The minimum absolute atomic E-state index is 0.166. The number of hydrogen-bond acceptors (Lipinski definition) is 9. The average molecular weight is 589 g/mol. The molecule has 0 radical (unpaired) electrons. The van der Waals surface area contributed by atoms with Crippen molar-refractivity contribution in [2.24, 2.45) is 0 Å². The van der Waals surface area contributed by atoms with E-state index >= 15 is 0 Å². The number of nitrogens with zero attached hydrogens (tertiary/aromatic N) is 1. The maximum atomic E-state index is 12.3. The Kier molecular flexibility index (Phi) is 12.4. The lowest BCUT2D eigenvalue weighted by Gasteiger charge is -2.25. The first-order valence-electron chi connectivity index (χ1n) is 13.8. The van der Waals surface area contributed by atoms with Gasteiger partial charge in [-0.25, -0.2) is 19.4 Å². The topological polar surface area (TPSA) is 168 Å².